The first-order valence-electron chi connectivity index (χ1n) is 5.81. The lowest BCUT2D eigenvalue weighted by Gasteiger charge is -2.17. The van der Waals surface area contributed by atoms with Gasteiger partial charge in [-0.05, 0) is 23.8 Å². The zero-order valence-corrected chi connectivity index (χ0v) is 12.4. The second-order valence-corrected chi connectivity index (χ2v) is 5.26. The molecule has 0 saturated heterocycles. The smallest absolute Gasteiger partial charge is 0.308 e. The summed E-state index contributed by atoms with van der Waals surface area (Å²) in [6, 6.07) is 7.56. The SMILES string of the molecule is CC(CN(C)C(=O)/C=C/c1cccc(Br)c1)C(=O)O. The van der Waals surface area contributed by atoms with E-state index in [4.69, 9.17) is 5.11 Å². The van der Waals surface area contributed by atoms with Crippen molar-refractivity contribution in [3.63, 3.8) is 0 Å². The Hall–Kier alpha value is -1.62. The molecule has 0 spiro atoms. The fourth-order valence-electron chi connectivity index (χ4n) is 1.48. The summed E-state index contributed by atoms with van der Waals surface area (Å²) in [5, 5.41) is 8.79. The normalized spacial score (nSPS) is 12.4. The van der Waals surface area contributed by atoms with Crippen molar-refractivity contribution in [3.05, 3.63) is 40.4 Å². The van der Waals surface area contributed by atoms with E-state index in [0.29, 0.717) is 0 Å². The van der Waals surface area contributed by atoms with Gasteiger partial charge in [0, 0.05) is 24.1 Å². The molecule has 1 rings (SSSR count). The maximum absolute atomic E-state index is 11.8. The largest absolute Gasteiger partial charge is 0.481 e. The van der Waals surface area contributed by atoms with E-state index in [9.17, 15) is 9.59 Å². The molecule has 1 unspecified atom stereocenters. The predicted octanol–water partition coefficient (Wildman–Crippen LogP) is 2.64. The summed E-state index contributed by atoms with van der Waals surface area (Å²) in [6.07, 6.45) is 3.14. The lowest BCUT2D eigenvalue weighted by molar-refractivity contribution is -0.142. The van der Waals surface area contributed by atoms with Crippen LogP contribution in [0.2, 0.25) is 0 Å². The van der Waals surface area contributed by atoms with Crippen LogP contribution in [0, 0.1) is 5.92 Å². The fraction of sp³-hybridized carbons (Fsp3) is 0.286. The minimum absolute atomic E-state index is 0.191. The number of halogens is 1. The molecule has 1 N–H and O–H groups in total. The number of rotatable bonds is 5. The Kier molecular flexibility index (Phi) is 5.76. The van der Waals surface area contributed by atoms with Crippen molar-refractivity contribution in [2.45, 2.75) is 6.92 Å². The minimum atomic E-state index is -0.907. The van der Waals surface area contributed by atoms with Gasteiger partial charge in [0.25, 0.3) is 0 Å². The highest BCUT2D eigenvalue weighted by atomic mass is 79.9. The van der Waals surface area contributed by atoms with Crippen molar-refractivity contribution in [1.29, 1.82) is 0 Å². The van der Waals surface area contributed by atoms with E-state index in [1.54, 1.807) is 20.0 Å². The maximum Gasteiger partial charge on any atom is 0.308 e. The molecule has 0 aliphatic rings. The summed E-state index contributed by atoms with van der Waals surface area (Å²) in [7, 11) is 1.59. The van der Waals surface area contributed by atoms with E-state index < -0.39 is 11.9 Å². The van der Waals surface area contributed by atoms with Gasteiger partial charge < -0.3 is 10.0 Å². The van der Waals surface area contributed by atoms with Gasteiger partial charge in [-0.1, -0.05) is 35.0 Å². The zero-order valence-electron chi connectivity index (χ0n) is 10.8. The van der Waals surface area contributed by atoms with Crippen molar-refractivity contribution >= 4 is 33.9 Å². The Morgan fingerprint density at radius 2 is 2.16 bits per heavy atom. The molecule has 1 aromatic carbocycles. The van der Waals surface area contributed by atoms with Crippen LogP contribution in [0.5, 0.6) is 0 Å². The Morgan fingerprint density at radius 3 is 2.74 bits per heavy atom. The van der Waals surface area contributed by atoms with Gasteiger partial charge in [-0.3, -0.25) is 9.59 Å². The van der Waals surface area contributed by atoms with E-state index in [0.717, 1.165) is 10.0 Å². The van der Waals surface area contributed by atoms with Crippen molar-refractivity contribution in [2.24, 2.45) is 5.92 Å². The van der Waals surface area contributed by atoms with Crippen LogP contribution >= 0.6 is 15.9 Å². The number of nitrogens with zero attached hydrogens (tertiary/aromatic N) is 1. The van der Waals surface area contributed by atoms with Crippen LogP contribution in [-0.2, 0) is 9.59 Å². The second-order valence-electron chi connectivity index (χ2n) is 4.35. The van der Waals surface area contributed by atoms with E-state index >= 15 is 0 Å². The molecular formula is C14H16BrNO3. The highest BCUT2D eigenvalue weighted by Crippen LogP contribution is 2.12. The molecule has 0 aliphatic heterocycles. The minimum Gasteiger partial charge on any atom is -0.481 e. The lowest BCUT2D eigenvalue weighted by Crippen LogP contribution is -2.32. The van der Waals surface area contributed by atoms with E-state index in [1.807, 2.05) is 24.3 Å². The number of carboxylic acids is 1. The van der Waals surface area contributed by atoms with Gasteiger partial charge in [0.2, 0.25) is 5.91 Å². The number of hydrogen-bond donors (Lipinski definition) is 1. The number of benzene rings is 1. The Labute approximate surface area is 120 Å². The number of amides is 1. The van der Waals surface area contributed by atoms with Crippen LogP contribution in [-0.4, -0.2) is 35.5 Å². The summed E-state index contributed by atoms with van der Waals surface area (Å²) in [6.45, 7) is 1.77. The first-order chi connectivity index (χ1) is 8.90. The fourth-order valence-corrected chi connectivity index (χ4v) is 1.90. The molecular weight excluding hydrogens is 310 g/mol. The molecule has 0 radical (unpaired) electrons. The van der Waals surface area contributed by atoms with Crippen LogP contribution in [0.4, 0.5) is 0 Å². The molecule has 19 heavy (non-hydrogen) atoms. The van der Waals surface area contributed by atoms with Crippen LogP contribution in [0.15, 0.2) is 34.8 Å². The molecule has 0 bridgehead atoms. The molecule has 0 aliphatic carbocycles. The molecule has 102 valence electrons. The Balaban J connectivity index is 2.61. The monoisotopic (exact) mass is 325 g/mol. The molecule has 0 heterocycles. The van der Waals surface area contributed by atoms with Gasteiger partial charge in [0.05, 0.1) is 5.92 Å². The molecule has 1 aromatic rings. The first kappa shape index (κ1) is 15.4. The van der Waals surface area contributed by atoms with E-state index in [1.165, 1.54) is 11.0 Å². The van der Waals surface area contributed by atoms with Crippen molar-refractivity contribution < 1.29 is 14.7 Å². The molecule has 0 saturated carbocycles. The molecule has 0 fully saturated rings. The van der Waals surface area contributed by atoms with Crippen LogP contribution in [0.3, 0.4) is 0 Å². The third-order valence-corrected chi connectivity index (χ3v) is 3.11. The van der Waals surface area contributed by atoms with Crippen molar-refractivity contribution in [2.75, 3.05) is 13.6 Å². The molecule has 5 heteroatoms. The molecule has 0 aromatic heterocycles. The van der Waals surface area contributed by atoms with Crippen LogP contribution in [0.1, 0.15) is 12.5 Å². The number of aliphatic carboxylic acids is 1. The average molecular weight is 326 g/mol. The molecule has 1 atom stereocenters. The number of carbonyl (C=O) groups excluding carboxylic acids is 1. The zero-order chi connectivity index (χ0) is 14.4. The van der Waals surface area contributed by atoms with Gasteiger partial charge in [0.15, 0.2) is 0 Å². The van der Waals surface area contributed by atoms with Gasteiger partial charge in [-0.25, -0.2) is 0 Å². The van der Waals surface area contributed by atoms with E-state index in [2.05, 4.69) is 15.9 Å². The van der Waals surface area contributed by atoms with Gasteiger partial charge >= 0.3 is 5.97 Å². The van der Waals surface area contributed by atoms with E-state index in [-0.39, 0.29) is 12.5 Å². The van der Waals surface area contributed by atoms with Crippen molar-refractivity contribution in [3.8, 4) is 0 Å². The summed E-state index contributed by atoms with van der Waals surface area (Å²) < 4.78 is 0.940. The summed E-state index contributed by atoms with van der Waals surface area (Å²) in [4.78, 5) is 23.9. The van der Waals surface area contributed by atoms with Crippen LogP contribution < -0.4 is 0 Å². The molecule has 1 amide bonds. The van der Waals surface area contributed by atoms with Gasteiger partial charge in [-0.15, -0.1) is 0 Å². The first-order valence-corrected chi connectivity index (χ1v) is 6.61. The highest BCUT2D eigenvalue weighted by molar-refractivity contribution is 9.10. The number of likely N-dealkylation sites (N-methyl/N-ethyl adjacent to an activating group) is 1. The molecule has 4 nitrogen and oxygen atoms in total. The van der Waals surface area contributed by atoms with Gasteiger partial charge in [0.1, 0.15) is 0 Å². The van der Waals surface area contributed by atoms with Gasteiger partial charge in [-0.2, -0.15) is 0 Å². The van der Waals surface area contributed by atoms with Crippen molar-refractivity contribution in [1.82, 2.24) is 4.90 Å². The second kappa shape index (κ2) is 7.09. The predicted molar refractivity (Wildman–Crippen MR) is 77.6 cm³/mol. The summed E-state index contributed by atoms with van der Waals surface area (Å²) in [5.41, 5.74) is 0.905. The summed E-state index contributed by atoms with van der Waals surface area (Å²) in [5.74, 6) is -1.70. The average Bonchev–Trinajstić information content (AvgIpc) is 2.35. The topological polar surface area (TPSA) is 57.6 Å². The Bertz CT molecular complexity index is 499. The maximum atomic E-state index is 11.8. The number of carbonyl (C=O) groups is 2. The Morgan fingerprint density at radius 1 is 1.47 bits per heavy atom. The number of carboxylic acid groups (broad SMARTS) is 1. The highest BCUT2D eigenvalue weighted by Gasteiger charge is 2.15. The number of hydrogen-bond acceptors (Lipinski definition) is 2. The quantitative estimate of drug-likeness (QED) is 0.847. The lowest BCUT2D eigenvalue weighted by atomic mass is 10.1. The van der Waals surface area contributed by atoms with Crippen LogP contribution in [0.25, 0.3) is 6.08 Å². The summed E-state index contributed by atoms with van der Waals surface area (Å²) >= 11 is 3.35. The third-order valence-electron chi connectivity index (χ3n) is 2.61. The third kappa shape index (κ3) is 5.26. The standard InChI is InChI=1S/C14H16BrNO3/c1-10(14(18)19)9-16(2)13(17)7-6-11-4-3-5-12(15)8-11/h3-8,10H,9H2,1-2H3,(H,18,19)/b7-6+.